The number of unbranched alkanes of at least 4 members (excludes halogenated alkanes) is 34. The van der Waals surface area contributed by atoms with E-state index in [1.807, 2.05) is 0 Å². The molecule has 0 aromatic rings. The monoisotopic (exact) mass is 1020 g/mol. The number of hydrogen-bond donors (Lipinski definition) is 0. The van der Waals surface area contributed by atoms with Crippen molar-refractivity contribution in [1.82, 2.24) is 0 Å². The average molecular weight is 1020 g/mol. The van der Waals surface area contributed by atoms with Gasteiger partial charge in [-0.2, -0.15) is 0 Å². The van der Waals surface area contributed by atoms with Crippen LogP contribution in [0.4, 0.5) is 0 Å². The first-order valence-electron chi connectivity index (χ1n) is 31.4. The standard InChI is InChI=1S/C67H118O6/c1-4-7-10-13-16-19-22-25-28-31-32-33-34-37-39-42-45-48-51-54-57-60-66(69)72-63-64(73-67(70)61-58-55-52-49-46-43-40-36-30-27-24-21-18-15-12-9-6-3)62-71-65(68)59-56-53-50-47-44-41-38-35-29-26-23-20-17-14-11-8-5-2/h18,21-22,25-27,29-32,34,37,64H,4-17,19-20,23-24,28,33,35-36,38-63H2,1-3H3/b21-18-,25-22-,29-26-,30-27-,32-31-,37-34-. The minimum Gasteiger partial charge on any atom is -0.462 e. The number of carbonyl (C=O) groups is 3. The molecule has 0 aliphatic rings. The second-order valence-electron chi connectivity index (χ2n) is 21.0. The maximum Gasteiger partial charge on any atom is 0.306 e. The van der Waals surface area contributed by atoms with Crippen LogP contribution in [0.25, 0.3) is 0 Å². The van der Waals surface area contributed by atoms with Gasteiger partial charge < -0.3 is 14.2 Å². The van der Waals surface area contributed by atoms with Crippen molar-refractivity contribution in [1.29, 1.82) is 0 Å². The van der Waals surface area contributed by atoms with Crippen LogP contribution in [0.2, 0.25) is 0 Å². The van der Waals surface area contributed by atoms with E-state index < -0.39 is 6.10 Å². The van der Waals surface area contributed by atoms with Crippen LogP contribution in [0.1, 0.15) is 316 Å². The predicted molar refractivity (Wildman–Crippen MR) is 316 cm³/mol. The van der Waals surface area contributed by atoms with Crippen LogP contribution in [0.5, 0.6) is 0 Å². The molecule has 0 heterocycles. The fourth-order valence-corrected chi connectivity index (χ4v) is 8.89. The Kier molecular flexibility index (Phi) is 58.7. The van der Waals surface area contributed by atoms with E-state index in [4.69, 9.17) is 14.2 Å². The van der Waals surface area contributed by atoms with Crippen molar-refractivity contribution in [3.05, 3.63) is 72.9 Å². The molecular formula is C67H118O6. The van der Waals surface area contributed by atoms with Gasteiger partial charge >= 0.3 is 17.9 Å². The fraction of sp³-hybridized carbons (Fsp3) is 0.776. The Hall–Kier alpha value is -3.15. The maximum absolute atomic E-state index is 12.9. The lowest BCUT2D eigenvalue weighted by Gasteiger charge is -2.18. The lowest BCUT2D eigenvalue weighted by molar-refractivity contribution is -0.167. The molecule has 0 aliphatic carbocycles. The molecule has 6 nitrogen and oxygen atoms in total. The topological polar surface area (TPSA) is 78.9 Å². The van der Waals surface area contributed by atoms with Gasteiger partial charge in [0.1, 0.15) is 13.2 Å². The summed E-state index contributed by atoms with van der Waals surface area (Å²) in [5, 5.41) is 0. The number of hydrogen-bond acceptors (Lipinski definition) is 6. The number of esters is 3. The Labute approximate surface area is 453 Å². The zero-order valence-electron chi connectivity index (χ0n) is 48.4. The van der Waals surface area contributed by atoms with Gasteiger partial charge in [0.05, 0.1) is 0 Å². The normalized spacial score (nSPS) is 12.5. The number of carbonyl (C=O) groups excluding carboxylic acids is 3. The molecule has 0 aliphatic heterocycles. The van der Waals surface area contributed by atoms with Crippen LogP contribution in [0.3, 0.4) is 0 Å². The molecule has 0 aromatic carbocycles. The quantitative estimate of drug-likeness (QED) is 0.0261. The maximum atomic E-state index is 12.9. The summed E-state index contributed by atoms with van der Waals surface area (Å²) in [4.78, 5) is 38.3. The van der Waals surface area contributed by atoms with E-state index in [0.29, 0.717) is 19.3 Å². The summed E-state index contributed by atoms with van der Waals surface area (Å²) in [6.45, 7) is 6.61. The molecular weight excluding hydrogens is 901 g/mol. The minimum atomic E-state index is -0.788. The smallest absolute Gasteiger partial charge is 0.306 e. The Morgan fingerprint density at radius 3 is 0.808 bits per heavy atom. The van der Waals surface area contributed by atoms with Crippen LogP contribution in [0, 0.1) is 0 Å². The summed E-state index contributed by atoms with van der Waals surface area (Å²) in [7, 11) is 0. The lowest BCUT2D eigenvalue weighted by atomic mass is 10.1. The zero-order chi connectivity index (χ0) is 52.9. The van der Waals surface area contributed by atoms with E-state index in [-0.39, 0.29) is 31.1 Å². The summed E-state index contributed by atoms with van der Waals surface area (Å²) in [6.07, 6.45) is 78.9. The molecule has 0 radical (unpaired) electrons. The van der Waals surface area contributed by atoms with Crippen LogP contribution < -0.4 is 0 Å². The van der Waals surface area contributed by atoms with Crippen LogP contribution in [0.15, 0.2) is 72.9 Å². The Morgan fingerprint density at radius 2 is 0.493 bits per heavy atom. The van der Waals surface area contributed by atoms with E-state index in [1.165, 1.54) is 186 Å². The summed E-state index contributed by atoms with van der Waals surface area (Å²) < 4.78 is 16.9. The largest absolute Gasteiger partial charge is 0.462 e. The highest BCUT2D eigenvalue weighted by molar-refractivity contribution is 5.71. The molecule has 1 atom stereocenters. The molecule has 0 aromatic heterocycles. The summed E-state index contributed by atoms with van der Waals surface area (Å²) >= 11 is 0. The van der Waals surface area contributed by atoms with E-state index in [2.05, 4.69) is 93.7 Å². The fourth-order valence-electron chi connectivity index (χ4n) is 8.89. The second kappa shape index (κ2) is 61.4. The van der Waals surface area contributed by atoms with Crippen LogP contribution in [-0.2, 0) is 28.6 Å². The lowest BCUT2D eigenvalue weighted by Crippen LogP contribution is -2.30. The molecule has 73 heavy (non-hydrogen) atoms. The van der Waals surface area contributed by atoms with Gasteiger partial charge in [-0.15, -0.1) is 0 Å². The second-order valence-corrected chi connectivity index (χ2v) is 21.0. The van der Waals surface area contributed by atoms with Gasteiger partial charge in [0.2, 0.25) is 0 Å². The van der Waals surface area contributed by atoms with Crippen LogP contribution in [-0.4, -0.2) is 37.2 Å². The molecule has 422 valence electrons. The van der Waals surface area contributed by atoms with Gasteiger partial charge in [0.25, 0.3) is 0 Å². The van der Waals surface area contributed by atoms with Gasteiger partial charge in [0.15, 0.2) is 6.10 Å². The Balaban J connectivity index is 4.41. The molecule has 0 saturated carbocycles. The predicted octanol–water partition coefficient (Wildman–Crippen LogP) is 21.3. The van der Waals surface area contributed by atoms with Crippen molar-refractivity contribution < 1.29 is 28.6 Å². The Bertz CT molecular complexity index is 1360. The highest BCUT2D eigenvalue weighted by Crippen LogP contribution is 2.15. The molecule has 0 spiro atoms. The van der Waals surface area contributed by atoms with Crippen molar-refractivity contribution in [2.75, 3.05) is 13.2 Å². The van der Waals surface area contributed by atoms with Crippen molar-refractivity contribution in [3.8, 4) is 0 Å². The highest BCUT2D eigenvalue weighted by Gasteiger charge is 2.19. The summed E-state index contributed by atoms with van der Waals surface area (Å²) in [6, 6.07) is 0. The molecule has 0 fully saturated rings. The molecule has 1 unspecified atom stereocenters. The third kappa shape index (κ3) is 59.6. The van der Waals surface area contributed by atoms with Gasteiger partial charge in [0, 0.05) is 19.3 Å². The first-order valence-corrected chi connectivity index (χ1v) is 31.4. The van der Waals surface area contributed by atoms with Crippen molar-refractivity contribution >= 4 is 17.9 Å². The molecule has 0 N–H and O–H groups in total. The van der Waals surface area contributed by atoms with E-state index in [9.17, 15) is 14.4 Å². The third-order valence-electron chi connectivity index (χ3n) is 13.7. The first-order chi connectivity index (χ1) is 36.0. The number of ether oxygens (including phenoxy) is 3. The summed E-state index contributed by atoms with van der Waals surface area (Å²) in [5.74, 6) is -0.896. The average Bonchev–Trinajstić information content (AvgIpc) is 3.39. The van der Waals surface area contributed by atoms with Gasteiger partial charge in [-0.25, -0.2) is 0 Å². The minimum absolute atomic E-state index is 0.0843. The summed E-state index contributed by atoms with van der Waals surface area (Å²) in [5.41, 5.74) is 0. The molecule has 0 bridgehead atoms. The van der Waals surface area contributed by atoms with Crippen molar-refractivity contribution in [2.45, 2.75) is 322 Å². The van der Waals surface area contributed by atoms with Crippen molar-refractivity contribution in [3.63, 3.8) is 0 Å². The number of rotatable bonds is 57. The van der Waals surface area contributed by atoms with Crippen molar-refractivity contribution in [2.24, 2.45) is 0 Å². The molecule has 0 saturated heterocycles. The van der Waals surface area contributed by atoms with Gasteiger partial charge in [-0.3, -0.25) is 14.4 Å². The molecule has 0 rings (SSSR count). The van der Waals surface area contributed by atoms with E-state index >= 15 is 0 Å². The molecule has 0 amide bonds. The zero-order valence-corrected chi connectivity index (χ0v) is 48.4. The van der Waals surface area contributed by atoms with E-state index in [1.54, 1.807) is 0 Å². The number of allylic oxidation sites excluding steroid dienone is 12. The third-order valence-corrected chi connectivity index (χ3v) is 13.7. The van der Waals surface area contributed by atoms with Gasteiger partial charge in [-0.1, -0.05) is 254 Å². The van der Waals surface area contributed by atoms with Crippen LogP contribution >= 0.6 is 0 Å². The molecule has 6 heteroatoms. The SMILES string of the molecule is CCCCC/C=C\C/C=C\CCCCCCCCCC(=O)OC(COC(=O)CCCCCCCC/C=C\C/C=C\C/C=C\CCCCCCC)COC(=O)CCCCCCCCC/C=C\CCCCCCCC. The highest BCUT2D eigenvalue weighted by atomic mass is 16.6. The first kappa shape index (κ1) is 69.8. The van der Waals surface area contributed by atoms with E-state index in [0.717, 1.165) is 89.9 Å². The van der Waals surface area contributed by atoms with Gasteiger partial charge in [-0.05, 0) is 116 Å². The Morgan fingerprint density at radius 1 is 0.274 bits per heavy atom.